The molecule has 1 aromatic carbocycles. The minimum absolute atomic E-state index is 0.0386. The maximum Gasteiger partial charge on any atom is 0.267 e. The van der Waals surface area contributed by atoms with Crippen molar-refractivity contribution in [2.24, 2.45) is 0 Å². The van der Waals surface area contributed by atoms with E-state index in [0.29, 0.717) is 5.92 Å². The van der Waals surface area contributed by atoms with Crippen molar-refractivity contribution in [2.75, 3.05) is 7.11 Å². The number of aromatic nitrogens is 2. The van der Waals surface area contributed by atoms with Gasteiger partial charge in [0.05, 0.1) is 13.3 Å². The molecule has 0 spiro atoms. The Balaban J connectivity index is 1.97. The fraction of sp³-hybridized carbons (Fsp3) is 0.375. The summed E-state index contributed by atoms with van der Waals surface area (Å²) in [4.78, 5) is 11.7. The monoisotopic (exact) mass is 270 g/mol. The maximum absolute atomic E-state index is 11.7. The summed E-state index contributed by atoms with van der Waals surface area (Å²) in [7, 11) is 1.70. The summed E-state index contributed by atoms with van der Waals surface area (Å²) < 4.78 is 5.40. The van der Waals surface area contributed by atoms with Crippen LogP contribution >= 0.6 is 0 Å². The van der Waals surface area contributed by atoms with Gasteiger partial charge in [0, 0.05) is 5.56 Å². The number of rotatable bonds is 2. The molecule has 0 radical (unpaired) electrons. The van der Waals surface area contributed by atoms with Crippen LogP contribution in [0.1, 0.15) is 34.6 Å². The molecule has 0 aliphatic heterocycles. The number of aromatic amines is 1. The molecule has 1 atom stereocenters. The largest absolute Gasteiger partial charge is 0.496 e. The number of benzene rings is 1. The molecule has 1 N–H and O–H groups in total. The predicted octanol–water partition coefficient (Wildman–Crippen LogP) is 2.36. The van der Waals surface area contributed by atoms with E-state index in [2.05, 4.69) is 23.2 Å². The highest BCUT2D eigenvalue weighted by Gasteiger charge is 2.24. The van der Waals surface area contributed by atoms with E-state index in [1.807, 2.05) is 12.1 Å². The third kappa shape index (κ3) is 2.11. The lowest BCUT2D eigenvalue weighted by molar-refractivity contribution is 0.410. The molecule has 1 heterocycles. The topological polar surface area (TPSA) is 55.0 Å². The molecule has 20 heavy (non-hydrogen) atoms. The lowest BCUT2D eigenvalue weighted by Gasteiger charge is -2.25. The molecule has 0 saturated heterocycles. The molecule has 0 fully saturated rings. The van der Waals surface area contributed by atoms with Gasteiger partial charge in [0.2, 0.25) is 0 Å². The summed E-state index contributed by atoms with van der Waals surface area (Å²) in [6.07, 6.45) is 4.47. The molecule has 1 unspecified atom stereocenters. The van der Waals surface area contributed by atoms with Crippen LogP contribution in [-0.2, 0) is 12.8 Å². The van der Waals surface area contributed by atoms with Crippen LogP contribution in [0.4, 0.5) is 0 Å². The van der Waals surface area contributed by atoms with Gasteiger partial charge in [-0.15, -0.1) is 0 Å². The Labute approximate surface area is 117 Å². The Kier molecular flexibility index (Phi) is 3.30. The van der Waals surface area contributed by atoms with Crippen LogP contribution in [-0.4, -0.2) is 17.3 Å². The molecular weight excluding hydrogens is 252 g/mol. The highest BCUT2D eigenvalue weighted by atomic mass is 16.5. The second-order valence-corrected chi connectivity index (χ2v) is 5.32. The smallest absolute Gasteiger partial charge is 0.267 e. The lowest BCUT2D eigenvalue weighted by Crippen LogP contribution is -2.23. The highest BCUT2D eigenvalue weighted by Crippen LogP contribution is 2.35. The molecular formula is C16H18N2O2. The van der Waals surface area contributed by atoms with E-state index in [1.165, 1.54) is 11.1 Å². The summed E-state index contributed by atoms with van der Waals surface area (Å²) in [6, 6.07) is 6.18. The molecule has 4 nitrogen and oxygen atoms in total. The van der Waals surface area contributed by atoms with Gasteiger partial charge in [0.25, 0.3) is 5.56 Å². The summed E-state index contributed by atoms with van der Waals surface area (Å²) in [5.74, 6) is 1.36. The zero-order valence-electron chi connectivity index (χ0n) is 11.8. The summed E-state index contributed by atoms with van der Waals surface area (Å²) >= 11 is 0. The number of hydrogen-bond donors (Lipinski definition) is 1. The van der Waals surface area contributed by atoms with Crippen LogP contribution in [0.2, 0.25) is 0 Å². The van der Waals surface area contributed by atoms with Gasteiger partial charge in [0.1, 0.15) is 5.75 Å². The first-order valence-electron chi connectivity index (χ1n) is 6.89. The number of nitrogens with zero attached hydrogens (tertiary/aromatic N) is 1. The van der Waals surface area contributed by atoms with Crippen molar-refractivity contribution >= 4 is 0 Å². The van der Waals surface area contributed by atoms with Gasteiger partial charge in [-0.2, -0.15) is 5.10 Å². The van der Waals surface area contributed by atoms with E-state index in [-0.39, 0.29) is 5.56 Å². The molecule has 1 aliphatic carbocycles. The first kappa shape index (κ1) is 12.9. The molecule has 1 aliphatic rings. The molecule has 3 rings (SSSR count). The van der Waals surface area contributed by atoms with Gasteiger partial charge in [0.15, 0.2) is 0 Å². The fourth-order valence-electron chi connectivity index (χ4n) is 3.16. The Morgan fingerprint density at radius 1 is 1.40 bits per heavy atom. The van der Waals surface area contributed by atoms with E-state index < -0.39 is 0 Å². The maximum atomic E-state index is 11.7. The third-order valence-electron chi connectivity index (χ3n) is 4.24. The zero-order valence-corrected chi connectivity index (χ0v) is 11.8. The summed E-state index contributed by atoms with van der Waals surface area (Å²) in [5.41, 5.74) is 4.45. The van der Waals surface area contributed by atoms with Crippen LogP contribution in [0.15, 0.2) is 29.2 Å². The fourth-order valence-corrected chi connectivity index (χ4v) is 3.16. The van der Waals surface area contributed by atoms with Crippen LogP contribution in [0, 0.1) is 6.92 Å². The van der Waals surface area contributed by atoms with Crippen molar-refractivity contribution in [1.82, 2.24) is 10.2 Å². The second-order valence-electron chi connectivity index (χ2n) is 5.32. The number of ether oxygens (including phenoxy) is 1. The van der Waals surface area contributed by atoms with Crippen molar-refractivity contribution in [3.63, 3.8) is 0 Å². The first-order valence-corrected chi connectivity index (χ1v) is 6.89. The van der Waals surface area contributed by atoms with Crippen LogP contribution in [0.5, 0.6) is 5.75 Å². The quantitative estimate of drug-likeness (QED) is 0.911. The molecule has 0 saturated carbocycles. The van der Waals surface area contributed by atoms with Gasteiger partial charge < -0.3 is 4.74 Å². The molecule has 0 amide bonds. The minimum Gasteiger partial charge on any atom is -0.496 e. The predicted molar refractivity (Wildman–Crippen MR) is 77.4 cm³/mol. The Bertz CT molecular complexity index is 691. The van der Waals surface area contributed by atoms with Crippen molar-refractivity contribution in [3.8, 4) is 5.75 Å². The minimum atomic E-state index is -0.0386. The van der Waals surface area contributed by atoms with Gasteiger partial charge in [-0.05, 0) is 54.9 Å². The van der Waals surface area contributed by atoms with Gasteiger partial charge in [-0.3, -0.25) is 4.79 Å². The Morgan fingerprint density at radius 3 is 3.05 bits per heavy atom. The number of methoxy groups -OCH3 is 1. The van der Waals surface area contributed by atoms with E-state index >= 15 is 0 Å². The molecule has 0 bridgehead atoms. The van der Waals surface area contributed by atoms with Gasteiger partial charge in [-0.25, -0.2) is 5.10 Å². The van der Waals surface area contributed by atoms with Crippen molar-refractivity contribution in [1.29, 1.82) is 0 Å². The second kappa shape index (κ2) is 5.12. The van der Waals surface area contributed by atoms with Crippen molar-refractivity contribution in [3.05, 3.63) is 57.0 Å². The summed E-state index contributed by atoms with van der Waals surface area (Å²) in [5, 5.41) is 6.44. The van der Waals surface area contributed by atoms with Crippen molar-refractivity contribution < 1.29 is 4.74 Å². The molecule has 4 heteroatoms. The lowest BCUT2D eigenvalue weighted by atomic mass is 9.80. The first-order chi connectivity index (χ1) is 9.70. The van der Waals surface area contributed by atoms with E-state index in [9.17, 15) is 4.79 Å². The SMILES string of the molecule is COc1cccc(C2CCc3c(cn[nH]c3=O)C2)c1C. The number of nitrogens with one attached hydrogen (secondary N) is 1. The van der Waals surface area contributed by atoms with Gasteiger partial charge >= 0.3 is 0 Å². The Morgan fingerprint density at radius 2 is 2.25 bits per heavy atom. The van der Waals surface area contributed by atoms with E-state index in [1.54, 1.807) is 13.3 Å². The van der Waals surface area contributed by atoms with Crippen molar-refractivity contribution in [2.45, 2.75) is 32.1 Å². The zero-order chi connectivity index (χ0) is 14.1. The summed E-state index contributed by atoms with van der Waals surface area (Å²) in [6.45, 7) is 2.10. The molecule has 104 valence electrons. The molecule has 2 aromatic rings. The number of fused-ring (bicyclic) bond motifs is 1. The Hall–Kier alpha value is -2.10. The standard InChI is InChI=1S/C16H18N2O2/c1-10-13(4-3-5-15(10)20-2)11-6-7-14-12(8-11)9-17-18-16(14)19/h3-5,9,11H,6-8H2,1-2H3,(H,18,19). The average Bonchev–Trinajstić information content (AvgIpc) is 2.47. The average molecular weight is 270 g/mol. The number of H-pyrrole nitrogens is 1. The van der Waals surface area contributed by atoms with Crippen LogP contribution in [0.3, 0.4) is 0 Å². The normalized spacial score (nSPS) is 17.6. The van der Waals surface area contributed by atoms with Gasteiger partial charge in [-0.1, -0.05) is 12.1 Å². The van der Waals surface area contributed by atoms with Crippen LogP contribution in [0.25, 0.3) is 0 Å². The van der Waals surface area contributed by atoms with E-state index in [0.717, 1.165) is 36.1 Å². The van der Waals surface area contributed by atoms with Crippen LogP contribution < -0.4 is 10.3 Å². The number of hydrogen-bond acceptors (Lipinski definition) is 3. The highest BCUT2D eigenvalue weighted by molar-refractivity contribution is 5.42. The van der Waals surface area contributed by atoms with E-state index in [4.69, 9.17) is 4.74 Å². The third-order valence-corrected chi connectivity index (χ3v) is 4.24. The molecule has 1 aromatic heterocycles.